The van der Waals surface area contributed by atoms with E-state index in [9.17, 15) is 14.4 Å². The molecule has 0 aromatic heterocycles. The van der Waals surface area contributed by atoms with Crippen molar-refractivity contribution in [3.8, 4) is 11.5 Å². The summed E-state index contributed by atoms with van der Waals surface area (Å²) in [5.41, 5.74) is 1.65. The summed E-state index contributed by atoms with van der Waals surface area (Å²) >= 11 is 0. The fourth-order valence-electron chi connectivity index (χ4n) is 3.21. The molecule has 0 saturated heterocycles. The van der Waals surface area contributed by atoms with Gasteiger partial charge < -0.3 is 24.3 Å². The summed E-state index contributed by atoms with van der Waals surface area (Å²) in [6, 6.07) is 12.1. The quantitative estimate of drug-likeness (QED) is 0.281. The van der Waals surface area contributed by atoms with E-state index in [0.717, 1.165) is 24.8 Å². The fraction of sp³-hybridized carbons (Fsp3) is 0.444. The number of nitrogens with one attached hydrogen (secondary N) is 1. The minimum Gasteiger partial charge on any atom is -0.494 e. The van der Waals surface area contributed by atoms with E-state index in [4.69, 9.17) is 18.9 Å². The number of anilines is 1. The van der Waals surface area contributed by atoms with Gasteiger partial charge in [0.1, 0.15) is 11.5 Å². The fourth-order valence-corrected chi connectivity index (χ4v) is 3.21. The monoisotopic (exact) mass is 485 g/mol. The molecular weight excluding hydrogens is 450 g/mol. The summed E-state index contributed by atoms with van der Waals surface area (Å²) in [7, 11) is 0. The van der Waals surface area contributed by atoms with E-state index in [-0.39, 0.29) is 31.5 Å². The third-order valence-corrected chi connectivity index (χ3v) is 5.00. The molecule has 2 aromatic rings. The molecule has 0 unspecified atom stereocenters. The Kier molecular flexibility index (Phi) is 12.2. The van der Waals surface area contributed by atoms with Gasteiger partial charge in [-0.3, -0.25) is 9.59 Å². The number of ether oxygens (including phenoxy) is 4. The molecule has 2 rings (SSSR count). The van der Waals surface area contributed by atoms with Crippen molar-refractivity contribution in [2.75, 3.05) is 31.7 Å². The second-order valence-electron chi connectivity index (χ2n) is 7.76. The highest BCUT2D eigenvalue weighted by Crippen LogP contribution is 2.27. The first-order valence-corrected chi connectivity index (χ1v) is 12.1. The number of aryl methyl sites for hydroxylation is 1. The number of benzene rings is 2. The molecule has 8 heteroatoms. The Balaban J connectivity index is 2.11. The van der Waals surface area contributed by atoms with Gasteiger partial charge in [0.15, 0.2) is 6.61 Å². The summed E-state index contributed by atoms with van der Waals surface area (Å²) < 4.78 is 21.2. The zero-order chi connectivity index (χ0) is 25.5. The molecule has 0 aliphatic carbocycles. The third kappa shape index (κ3) is 10.1. The molecular formula is C27H35NO7. The highest BCUT2D eigenvalue weighted by atomic mass is 16.6. The lowest BCUT2D eigenvalue weighted by Crippen LogP contribution is -2.17. The molecule has 0 aliphatic rings. The first-order valence-electron chi connectivity index (χ1n) is 12.1. The minimum atomic E-state index is -0.509. The van der Waals surface area contributed by atoms with Crippen molar-refractivity contribution >= 4 is 23.5 Å². The van der Waals surface area contributed by atoms with Crippen LogP contribution in [0.4, 0.5) is 5.69 Å². The van der Waals surface area contributed by atoms with Crippen LogP contribution in [0.15, 0.2) is 42.5 Å². The number of rotatable bonds is 15. The van der Waals surface area contributed by atoms with Crippen molar-refractivity contribution in [1.29, 1.82) is 0 Å². The van der Waals surface area contributed by atoms with Crippen LogP contribution in [0.2, 0.25) is 0 Å². The summed E-state index contributed by atoms with van der Waals surface area (Å²) in [6.45, 7) is 6.52. The van der Waals surface area contributed by atoms with E-state index in [1.807, 2.05) is 0 Å². The SMILES string of the molecule is CCCCCOc1ccc(C(=O)Nc2cc(CCC(=O)OCC)ccc2OCC(=O)OCC)cc1. The Hall–Kier alpha value is -3.55. The second-order valence-corrected chi connectivity index (χ2v) is 7.76. The Labute approximate surface area is 206 Å². The molecule has 0 bridgehead atoms. The van der Waals surface area contributed by atoms with Crippen molar-refractivity contribution in [2.45, 2.75) is 52.9 Å². The van der Waals surface area contributed by atoms with E-state index in [1.165, 1.54) is 0 Å². The number of carbonyl (C=O) groups excluding carboxylic acids is 3. The molecule has 190 valence electrons. The molecule has 0 saturated carbocycles. The molecule has 2 aromatic carbocycles. The molecule has 0 fully saturated rings. The van der Waals surface area contributed by atoms with E-state index < -0.39 is 5.97 Å². The highest BCUT2D eigenvalue weighted by Gasteiger charge is 2.14. The van der Waals surface area contributed by atoms with Crippen LogP contribution in [0.5, 0.6) is 11.5 Å². The van der Waals surface area contributed by atoms with E-state index >= 15 is 0 Å². The van der Waals surface area contributed by atoms with Gasteiger partial charge in [-0.1, -0.05) is 25.8 Å². The maximum absolute atomic E-state index is 12.9. The van der Waals surface area contributed by atoms with Crippen molar-refractivity contribution < 1.29 is 33.3 Å². The summed E-state index contributed by atoms with van der Waals surface area (Å²) in [6.07, 6.45) is 3.87. The number of carbonyl (C=O) groups is 3. The molecule has 0 spiro atoms. The van der Waals surface area contributed by atoms with Crippen LogP contribution in [0.25, 0.3) is 0 Å². The van der Waals surface area contributed by atoms with E-state index in [2.05, 4.69) is 12.2 Å². The van der Waals surface area contributed by atoms with Gasteiger partial charge in [0.25, 0.3) is 5.91 Å². The van der Waals surface area contributed by atoms with Crippen LogP contribution in [0.3, 0.4) is 0 Å². The van der Waals surface area contributed by atoms with Gasteiger partial charge >= 0.3 is 11.9 Å². The Morgan fingerprint density at radius 2 is 1.54 bits per heavy atom. The lowest BCUT2D eigenvalue weighted by molar-refractivity contribution is -0.145. The molecule has 8 nitrogen and oxygen atoms in total. The van der Waals surface area contributed by atoms with Gasteiger partial charge in [0.2, 0.25) is 0 Å². The molecule has 0 atom stereocenters. The van der Waals surface area contributed by atoms with Crippen LogP contribution in [0.1, 0.15) is 62.4 Å². The van der Waals surface area contributed by atoms with Gasteiger partial charge in [-0.2, -0.15) is 0 Å². The van der Waals surface area contributed by atoms with Crippen LogP contribution in [-0.2, 0) is 25.5 Å². The maximum Gasteiger partial charge on any atom is 0.344 e. The molecule has 0 heterocycles. The zero-order valence-electron chi connectivity index (χ0n) is 20.8. The lowest BCUT2D eigenvalue weighted by atomic mass is 10.1. The Bertz CT molecular complexity index is 957. The van der Waals surface area contributed by atoms with Gasteiger partial charge in [-0.15, -0.1) is 0 Å². The van der Waals surface area contributed by atoms with E-state index in [0.29, 0.717) is 42.4 Å². The van der Waals surface area contributed by atoms with Crippen LogP contribution < -0.4 is 14.8 Å². The van der Waals surface area contributed by atoms with Gasteiger partial charge in [-0.25, -0.2) is 4.79 Å². The van der Waals surface area contributed by atoms with Crippen molar-refractivity contribution in [3.05, 3.63) is 53.6 Å². The van der Waals surface area contributed by atoms with Gasteiger partial charge in [0, 0.05) is 12.0 Å². The summed E-state index contributed by atoms with van der Waals surface area (Å²) in [5, 5.41) is 2.84. The number of hydrogen-bond donors (Lipinski definition) is 1. The lowest BCUT2D eigenvalue weighted by Gasteiger charge is -2.14. The summed E-state index contributed by atoms with van der Waals surface area (Å²) in [5.74, 6) is -0.117. The molecule has 1 N–H and O–H groups in total. The van der Waals surface area contributed by atoms with Crippen molar-refractivity contribution in [1.82, 2.24) is 0 Å². The van der Waals surface area contributed by atoms with Crippen LogP contribution >= 0.6 is 0 Å². The maximum atomic E-state index is 12.9. The molecule has 35 heavy (non-hydrogen) atoms. The normalized spacial score (nSPS) is 10.4. The predicted molar refractivity (Wildman–Crippen MR) is 133 cm³/mol. The average Bonchev–Trinajstić information content (AvgIpc) is 2.85. The minimum absolute atomic E-state index is 0.212. The van der Waals surface area contributed by atoms with Crippen LogP contribution in [0, 0.1) is 0 Å². The second kappa shape index (κ2) is 15.4. The van der Waals surface area contributed by atoms with E-state index in [1.54, 1.807) is 56.3 Å². The number of esters is 2. The molecule has 1 amide bonds. The smallest absolute Gasteiger partial charge is 0.344 e. The number of amides is 1. The van der Waals surface area contributed by atoms with Crippen molar-refractivity contribution in [3.63, 3.8) is 0 Å². The summed E-state index contributed by atoms with van der Waals surface area (Å²) in [4.78, 5) is 36.3. The topological polar surface area (TPSA) is 100 Å². The Morgan fingerprint density at radius 3 is 2.23 bits per heavy atom. The predicted octanol–water partition coefficient (Wildman–Crippen LogP) is 4.95. The third-order valence-electron chi connectivity index (χ3n) is 5.00. The molecule has 0 radical (unpaired) electrons. The van der Waals surface area contributed by atoms with Gasteiger partial charge in [0.05, 0.1) is 25.5 Å². The first kappa shape index (κ1) is 27.7. The van der Waals surface area contributed by atoms with Gasteiger partial charge in [-0.05, 0) is 68.7 Å². The Morgan fingerprint density at radius 1 is 0.829 bits per heavy atom. The number of unbranched alkanes of at least 4 members (excludes halogenated alkanes) is 2. The molecule has 0 aliphatic heterocycles. The zero-order valence-corrected chi connectivity index (χ0v) is 20.8. The first-order chi connectivity index (χ1) is 17.0. The van der Waals surface area contributed by atoms with Crippen molar-refractivity contribution in [2.24, 2.45) is 0 Å². The number of hydrogen-bond acceptors (Lipinski definition) is 7. The van der Waals surface area contributed by atoms with Crippen LogP contribution in [-0.4, -0.2) is 44.3 Å². The average molecular weight is 486 g/mol. The standard InChI is InChI=1S/C27H35NO7/c1-4-7-8-17-34-22-13-11-21(12-14-22)27(31)28-23-18-20(10-16-25(29)32-5-2)9-15-24(23)35-19-26(30)33-6-3/h9,11-15,18H,4-8,10,16-17,19H2,1-3H3,(H,28,31). The largest absolute Gasteiger partial charge is 0.494 e. The highest BCUT2D eigenvalue weighted by molar-refractivity contribution is 6.05.